The number of rotatable bonds is 2. The number of halogens is 2. The molecule has 0 aliphatic rings. The van der Waals surface area contributed by atoms with E-state index in [-0.39, 0.29) is 0 Å². The van der Waals surface area contributed by atoms with Gasteiger partial charge in [-0.15, -0.1) is 0 Å². The van der Waals surface area contributed by atoms with Crippen molar-refractivity contribution < 1.29 is 4.42 Å². The molecule has 0 amide bonds. The number of furan rings is 1. The zero-order valence-electron chi connectivity index (χ0n) is 9.37. The van der Waals surface area contributed by atoms with Gasteiger partial charge in [0.15, 0.2) is 11.6 Å². The summed E-state index contributed by atoms with van der Waals surface area (Å²) >= 11 is 5.56. The molecule has 0 spiro atoms. The van der Waals surface area contributed by atoms with Gasteiger partial charge in [0.25, 0.3) is 0 Å². The number of anilines is 1. The molecule has 0 unspecified atom stereocenters. The molecule has 0 atom stereocenters. The first kappa shape index (κ1) is 12.8. The average molecular weight is 408 g/mol. The van der Waals surface area contributed by atoms with Gasteiger partial charge in [-0.25, -0.2) is 9.97 Å². The van der Waals surface area contributed by atoms with Gasteiger partial charge in [0.2, 0.25) is 0 Å². The highest BCUT2D eigenvalue weighted by Gasteiger charge is 2.17. The van der Waals surface area contributed by atoms with Gasteiger partial charge >= 0.3 is 0 Å². The minimum absolute atomic E-state index is 0.291. The predicted molar refractivity (Wildman–Crippen MR) is 78.7 cm³/mol. The Morgan fingerprint density at radius 1 is 1.41 bits per heavy atom. The fourth-order valence-corrected chi connectivity index (χ4v) is 2.66. The molecule has 0 aliphatic carbocycles. The van der Waals surface area contributed by atoms with E-state index in [1.807, 2.05) is 6.07 Å². The summed E-state index contributed by atoms with van der Waals surface area (Å²) in [5.41, 5.74) is 6.84. The maximum absolute atomic E-state index is 5.90. The predicted octanol–water partition coefficient (Wildman–Crippen LogP) is 3.81. The van der Waals surface area contributed by atoms with Crippen molar-refractivity contribution in [2.24, 2.45) is 0 Å². The number of hydrogen-bond donors (Lipinski definition) is 1. The van der Waals surface area contributed by atoms with E-state index in [9.17, 15) is 0 Å². The van der Waals surface area contributed by atoms with Crippen molar-refractivity contribution in [1.29, 1.82) is 0 Å². The Morgan fingerprint density at radius 2 is 2.12 bits per heavy atom. The van der Waals surface area contributed by atoms with E-state index in [2.05, 4.69) is 62.3 Å². The van der Waals surface area contributed by atoms with Crippen molar-refractivity contribution in [3.63, 3.8) is 0 Å². The Kier molecular flexibility index (Phi) is 3.72. The lowest BCUT2D eigenvalue weighted by atomic mass is 10.1. The van der Waals surface area contributed by atoms with Gasteiger partial charge in [-0.05, 0) is 50.5 Å². The van der Waals surface area contributed by atoms with E-state index < -0.39 is 0 Å². The Bertz CT molecular complexity index is 554. The summed E-state index contributed by atoms with van der Waals surface area (Å²) in [5.74, 6) is 1.90. The topological polar surface area (TPSA) is 64.9 Å². The Balaban J connectivity index is 2.61. The van der Waals surface area contributed by atoms with Crippen molar-refractivity contribution in [2.75, 3.05) is 5.73 Å². The lowest BCUT2D eigenvalue weighted by Gasteiger charge is -2.10. The lowest BCUT2D eigenvalue weighted by Crippen LogP contribution is -2.06. The number of nitrogen functional groups attached to an aromatic ring is 1. The first-order valence-electron chi connectivity index (χ1n) is 5.07. The van der Waals surface area contributed by atoms with Crippen molar-refractivity contribution in [2.45, 2.75) is 19.8 Å². The van der Waals surface area contributed by atoms with Crippen LogP contribution in [0.5, 0.6) is 0 Å². The summed E-state index contributed by atoms with van der Waals surface area (Å²) in [5, 5.41) is 0. The Morgan fingerprint density at radius 3 is 2.65 bits per heavy atom. The molecule has 90 valence electrons. The highest BCUT2D eigenvalue weighted by atomic mass is 127. The van der Waals surface area contributed by atoms with Crippen LogP contribution in [0.4, 0.5) is 5.82 Å². The molecule has 0 aliphatic heterocycles. The van der Waals surface area contributed by atoms with E-state index in [0.29, 0.717) is 23.3 Å². The fourth-order valence-electron chi connectivity index (χ4n) is 1.42. The summed E-state index contributed by atoms with van der Waals surface area (Å²) in [6, 6.07) is 1.81. The second-order valence-electron chi connectivity index (χ2n) is 3.88. The minimum Gasteiger partial charge on any atom is -0.460 e. The molecule has 2 rings (SSSR count). The molecule has 2 aromatic heterocycles. The smallest absolute Gasteiger partial charge is 0.199 e. The second-order valence-corrected chi connectivity index (χ2v) is 5.82. The van der Waals surface area contributed by atoms with Crippen molar-refractivity contribution in [3.05, 3.63) is 26.1 Å². The third kappa shape index (κ3) is 2.47. The fraction of sp³-hybridized carbons (Fsp3) is 0.273. The molecule has 2 heterocycles. The van der Waals surface area contributed by atoms with Crippen LogP contribution in [-0.2, 0) is 0 Å². The van der Waals surface area contributed by atoms with Crippen LogP contribution in [-0.4, -0.2) is 9.97 Å². The highest BCUT2D eigenvalue weighted by molar-refractivity contribution is 14.1. The molecule has 0 aromatic carbocycles. The van der Waals surface area contributed by atoms with Crippen molar-refractivity contribution in [3.8, 4) is 11.6 Å². The number of nitrogens with two attached hydrogens (primary N) is 1. The lowest BCUT2D eigenvalue weighted by molar-refractivity contribution is 0.575. The average Bonchev–Trinajstić information content (AvgIpc) is 2.68. The summed E-state index contributed by atoms with van der Waals surface area (Å²) < 4.78 is 7.08. The monoisotopic (exact) mass is 407 g/mol. The quantitative estimate of drug-likeness (QED) is 0.768. The van der Waals surface area contributed by atoms with Gasteiger partial charge in [0, 0.05) is 0 Å². The molecule has 0 bridgehead atoms. The Hall–Kier alpha value is -0.630. The molecule has 17 heavy (non-hydrogen) atoms. The van der Waals surface area contributed by atoms with Gasteiger partial charge in [-0.3, -0.25) is 0 Å². The SMILES string of the molecule is CC(C)c1nc(-c2occc2Br)nc(N)c1I. The molecule has 0 saturated carbocycles. The number of nitrogens with zero attached hydrogens (tertiary/aromatic N) is 2. The molecule has 2 aromatic rings. The minimum atomic E-state index is 0.291. The van der Waals surface area contributed by atoms with Crippen LogP contribution >= 0.6 is 38.5 Å². The maximum atomic E-state index is 5.90. The standard InChI is InChI=1S/C11H11BrIN3O/c1-5(2)8-7(13)10(14)16-11(15-8)9-6(12)3-4-17-9/h3-5H,1-2H3,(H2,14,15,16). The molecule has 4 nitrogen and oxygen atoms in total. The van der Waals surface area contributed by atoms with Crippen LogP contribution in [0.2, 0.25) is 0 Å². The molecule has 0 radical (unpaired) electrons. The summed E-state index contributed by atoms with van der Waals surface area (Å²) in [6.45, 7) is 4.15. The molecule has 6 heteroatoms. The number of hydrogen-bond acceptors (Lipinski definition) is 4. The molecular formula is C11H11BrIN3O. The largest absolute Gasteiger partial charge is 0.460 e. The normalized spacial score (nSPS) is 11.1. The van der Waals surface area contributed by atoms with Gasteiger partial charge in [-0.1, -0.05) is 13.8 Å². The third-order valence-corrected chi connectivity index (χ3v) is 4.00. The van der Waals surface area contributed by atoms with Gasteiger partial charge in [-0.2, -0.15) is 0 Å². The summed E-state index contributed by atoms with van der Waals surface area (Å²) in [6.07, 6.45) is 1.59. The van der Waals surface area contributed by atoms with E-state index >= 15 is 0 Å². The first-order valence-corrected chi connectivity index (χ1v) is 6.94. The molecule has 0 saturated heterocycles. The van der Waals surface area contributed by atoms with E-state index in [1.54, 1.807) is 6.26 Å². The number of aromatic nitrogens is 2. The second kappa shape index (κ2) is 4.93. The van der Waals surface area contributed by atoms with Crippen LogP contribution in [0.1, 0.15) is 25.5 Å². The van der Waals surface area contributed by atoms with Gasteiger partial charge in [0.1, 0.15) is 5.82 Å². The van der Waals surface area contributed by atoms with Crippen molar-refractivity contribution >= 4 is 44.3 Å². The molecular weight excluding hydrogens is 397 g/mol. The zero-order valence-corrected chi connectivity index (χ0v) is 13.1. The van der Waals surface area contributed by atoms with Crippen LogP contribution in [0, 0.1) is 3.57 Å². The third-order valence-electron chi connectivity index (χ3n) is 2.27. The zero-order chi connectivity index (χ0) is 12.6. The van der Waals surface area contributed by atoms with Crippen LogP contribution in [0.3, 0.4) is 0 Å². The van der Waals surface area contributed by atoms with Gasteiger partial charge in [0.05, 0.1) is 20.0 Å². The molecule has 0 fully saturated rings. The van der Waals surface area contributed by atoms with Gasteiger partial charge < -0.3 is 10.2 Å². The summed E-state index contributed by atoms with van der Waals surface area (Å²) in [4.78, 5) is 8.77. The van der Waals surface area contributed by atoms with Crippen LogP contribution in [0.25, 0.3) is 11.6 Å². The van der Waals surface area contributed by atoms with Crippen molar-refractivity contribution in [1.82, 2.24) is 9.97 Å². The van der Waals surface area contributed by atoms with E-state index in [0.717, 1.165) is 13.7 Å². The van der Waals surface area contributed by atoms with Crippen LogP contribution < -0.4 is 5.73 Å². The summed E-state index contributed by atoms with van der Waals surface area (Å²) in [7, 11) is 0. The van der Waals surface area contributed by atoms with Crippen LogP contribution in [0.15, 0.2) is 21.2 Å². The highest BCUT2D eigenvalue weighted by Crippen LogP contribution is 2.30. The van der Waals surface area contributed by atoms with E-state index in [1.165, 1.54) is 0 Å². The molecule has 2 N–H and O–H groups in total. The first-order chi connectivity index (χ1) is 8.00. The van der Waals surface area contributed by atoms with E-state index in [4.69, 9.17) is 10.2 Å². The maximum Gasteiger partial charge on any atom is 0.199 e. The Labute approximate surface area is 121 Å².